The summed E-state index contributed by atoms with van der Waals surface area (Å²) in [6, 6.07) is 18.2. The molecule has 0 unspecified atom stereocenters. The highest BCUT2D eigenvalue weighted by Crippen LogP contribution is 2.34. The lowest BCUT2D eigenvalue weighted by atomic mass is 10.1. The van der Waals surface area contributed by atoms with Gasteiger partial charge in [-0.25, -0.2) is 4.39 Å². The molecule has 4 rings (SSSR count). The molecule has 5 nitrogen and oxygen atoms in total. The van der Waals surface area contributed by atoms with Gasteiger partial charge in [-0.1, -0.05) is 24.3 Å². The SMILES string of the molecule is N#Cc1ccccc1-c1ccc(/C=C2\SC(=O)N(Cc3ccc(F)cc3)C2=O)o1. The van der Waals surface area contributed by atoms with Gasteiger partial charge < -0.3 is 4.42 Å². The number of hydrogen-bond donors (Lipinski definition) is 0. The van der Waals surface area contributed by atoms with Gasteiger partial charge in [0.1, 0.15) is 17.3 Å². The maximum absolute atomic E-state index is 13.0. The van der Waals surface area contributed by atoms with Gasteiger partial charge in [-0.3, -0.25) is 14.5 Å². The third-order valence-corrected chi connectivity index (χ3v) is 5.25. The maximum atomic E-state index is 13.0. The zero-order chi connectivity index (χ0) is 20.4. The average molecular weight is 404 g/mol. The molecule has 2 amide bonds. The highest BCUT2D eigenvalue weighted by atomic mass is 32.2. The molecule has 1 saturated heterocycles. The Balaban J connectivity index is 1.56. The predicted molar refractivity (Wildman–Crippen MR) is 107 cm³/mol. The van der Waals surface area contributed by atoms with Crippen LogP contribution in [0.5, 0.6) is 0 Å². The zero-order valence-corrected chi connectivity index (χ0v) is 15.8. The van der Waals surface area contributed by atoms with Crippen LogP contribution in [0.15, 0.2) is 70.0 Å². The van der Waals surface area contributed by atoms with Crippen molar-refractivity contribution in [3.05, 3.63) is 88.3 Å². The topological polar surface area (TPSA) is 74.3 Å². The van der Waals surface area contributed by atoms with Crippen LogP contribution in [0.1, 0.15) is 16.9 Å². The number of carbonyl (C=O) groups excluding carboxylic acids is 2. The van der Waals surface area contributed by atoms with Gasteiger partial charge in [0.15, 0.2) is 0 Å². The van der Waals surface area contributed by atoms with Crippen LogP contribution in [0.2, 0.25) is 0 Å². The fourth-order valence-electron chi connectivity index (χ4n) is 2.91. The van der Waals surface area contributed by atoms with Gasteiger partial charge in [0.2, 0.25) is 0 Å². The summed E-state index contributed by atoms with van der Waals surface area (Å²) in [5.41, 5.74) is 1.79. The molecule has 0 radical (unpaired) electrons. The van der Waals surface area contributed by atoms with E-state index in [-0.39, 0.29) is 17.3 Å². The second-order valence-corrected chi connectivity index (χ2v) is 7.25. The van der Waals surface area contributed by atoms with E-state index in [2.05, 4.69) is 6.07 Å². The van der Waals surface area contributed by atoms with Gasteiger partial charge in [-0.15, -0.1) is 0 Å². The van der Waals surface area contributed by atoms with E-state index >= 15 is 0 Å². The Hall–Kier alpha value is -3.63. The summed E-state index contributed by atoms with van der Waals surface area (Å²) < 4.78 is 18.8. The van der Waals surface area contributed by atoms with E-state index in [1.165, 1.54) is 30.3 Å². The predicted octanol–water partition coefficient (Wildman–Crippen LogP) is 5.19. The van der Waals surface area contributed by atoms with Crippen molar-refractivity contribution < 1.29 is 18.4 Å². The molecule has 1 fully saturated rings. The Morgan fingerprint density at radius 1 is 1.07 bits per heavy atom. The van der Waals surface area contributed by atoms with Gasteiger partial charge in [0, 0.05) is 11.6 Å². The number of thioether (sulfide) groups is 1. The Morgan fingerprint density at radius 3 is 2.59 bits per heavy atom. The molecular weight excluding hydrogens is 391 g/mol. The summed E-state index contributed by atoms with van der Waals surface area (Å²) in [6.07, 6.45) is 1.51. The zero-order valence-electron chi connectivity index (χ0n) is 15.0. The molecule has 0 atom stereocenters. The molecular formula is C22H13FN2O3S. The van der Waals surface area contributed by atoms with Crippen molar-refractivity contribution in [2.75, 3.05) is 0 Å². The smallest absolute Gasteiger partial charge is 0.293 e. The molecule has 0 bridgehead atoms. The lowest BCUT2D eigenvalue weighted by Crippen LogP contribution is -2.27. The highest BCUT2D eigenvalue weighted by molar-refractivity contribution is 8.18. The van der Waals surface area contributed by atoms with E-state index in [0.29, 0.717) is 28.2 Å². The fourth-order valence-corrected chi connectivity index (χ4v) is 3.73. The number of nitrogens with zero attached hydrogens (tertiary/aromatic N) is 2. The first kappa shape index (κ1) is 18.7. The largest absolute Gasteiger partial charge is 0.457 e. The number of benzene rings is 2. The van der Waals surface area contributed by atoms with Gasteiger partial charge in [-0.2, -0.15) is 5.26 Å². The molecule has 1 aliphatic heterocycles. The maximum Gasteiger partial charge on any atom is 0.293 e. The van der Waals surface area contributed by atoms with Crippen molar-refractivity contribution in [2.45, 2.75) is 6.54 Å². The molecule has 1 aromatic heterocycles. The Kier molecular flexibility index (Phi) is 5.02. The van der Waals surface area contributed by atoms with E-state index < -0.39 is 11.1 Å². The van der Waals surface area contributed by atoms with Crippen LogP contribution < -0.4 is 0 Å². The summed E-state index contributed by atoms with van der Waals surface area (Å²) >= 11 is 0.824. The van der Waals surface area contributed by atoms with Gasteiger partial charge >= 0.3 is 0 Å². The number of halogens is 1. The monoisotopic (exact) mass is 404 g/mol. The number of imide groups is 1. The van der Waals surface area contributed by atoms with Crippen LogP contribution in [0.4, 0.5) is 9.18 Å². The Labute approximate surface area is 170 Å². The number of amides is 2. The molecule has 142 valence electrons. The molecule has 7 heteroatoms. The quantitative estimate of drug-likeness (QED) is 0.559. The second-order valence-electron chi connectivity index (χ2n) is 6.25. The molecule has 0 saturated carbocycles. The van der Waals surface area contributed by atoms with E-state index in [1.807, 2.05) is 0 Å². The summed E-state index contributed by atoms with van der Waals surface area (Å²) in [6.45, 7) is 0.0707. The van der Waals surface area contributed by atoms with Crippen LogP contribution in [0, 0.1) is 17.1 Å². The minimum atomic E-state index is -0.431. The number of furan rings is 1. The van der Waals surface area contributed by atoms with Crippen molar-refractivity contribution in [3.8, 4) is 17.4 Å². The lowest BCUT2D eigenvalue weighted by molar-refractivity contribution is -0.123. The third kappa shape index (κ3) is 3.84. The Bertz CT molecular complexity index is 1180. The first-order chi connectivity index (χ1) is 14.0. The molecule has 2 heterocycles. The molecule has 0 aliphatic carbocycles. The minimum Gasteiger partial charge on any atom is -0.457 e. The van der Waals surface area contributed by atoms with Crippen LogP contribution in [-0.2, 0) is 11.3 Å². The van der Waals surface area contributed by atoms with E-state index in [9.17, 15) is 19.2 Å². The van der Waals surface area contributed by atoms with Crippen molar-refractivity contribution in [1.82, 2.24) is 4.90 Å². The van der Waals surface area contributed by atoms with Crippen molar-refractivity contribution in [3.63, 3.8) is 0 Å². The molecule has 1 aliphatic rings. The molecule has 29 heavy (non-hydrogen) atoms. The first-order valence-corrected chi connectivity index (χ1v) is 9.46. The van der Waals surface area contributed by atoms with E-state index in [1.54, 1.807) is 36.4 Å². The molecule has 3 aromatic rings. The molecule has 0 N–H and O–H groups in total. The van der Waals surface area contributed by atoms with E-state index in [4.69, 9.17) is 4.42 Å². The Morgan fingerprint density at radius 2 is 1.83 bits per heavy atom. The number of hydrogen-bond acceptors (Lipinski definition) is 5. The van der Waals surface area contributed by atoms with Crippen LogP contribution in [0.3, 0.4) is 0 Å². The molecule has 0 spiro atoms. The number of carbonyl (C=O) groups is 2. The number of nitriles is 1. The number of rotatable bonds is 4. The highest BCUT2D eigenvalue weighted by Gasteiger charge is 2.35. The average Bonchev–Trinajstić information content (AvgIpc) is 3.30. The minimum absolute atomic E-state index is 0.0707. The summed E-state index contributed by atoms with van der Waals surface area (Å²) in [5.74, 6) is 0.0908. The van der Waals surface area contributed by atoms with Crippen molar-refractivity contribution in [2.24, 2.45) is 0 Å². The normalized spacial score (nSPS) is 15.2. The standard InChI is InChI=1S/C22H13FN2O3S/c23-16-7-5-14(6-8-16)13-25-21(26)20(29-22(25)27)11-17-9-10-19(28-17)18-4-2-1-3-15(18)12-24/h1-11H,13H2/b20-11-. The third-order valence-electron chi connectivity index (χ3n) is 4.34. The van der Waals surface area contributed by atoms with Gasteiger partial charge in [0.05, 0.1) is 23.1 Å². The van der Waals surface area contributed by atoms with Gasteiger partial charge in [-0.05, 0) is 53.7 Å². The van der Waals surface area contributed by atoms with Crippen LogP contribution in [-0.4, -0.2) is 16.0 Å². The molecule has 2 aromatic carbocycles. The fraction of sp³-hybridized carbons (Fsp3) is 0.0455. The van der Waals surface area contributed by atoms with Crippen molar-refractivity contribution >= 4 is 29.0 Å². The van der Waals surface area contributed by atoms with Crippen molar-refractivity contribution in [1.29, 1.82) is 5.26 Å². The summed E-state index contributed by atoms with van der Waals surface area (Å²) in [4.78, 5) is 26.2. The first-order valence-electron chi connectivity index (χ1n) is 8.64. The van der Waals surface area contributed by atoms with Crippen LogP contribution in [0.25, 0.3) is 17.4 Å². The summed E-state index contributed by atoms with van der Waals surface area (Å²) in [7, 11) is 0. The van der Waals surface area contributed by atoms with Gasteiger partial charge in [0.25, 0.3) is 11.1 Å². The lowest BCUT2D eigenvalue weighted by Gasteiger charge is -2.12. The van der Waals surface area contributed by atoms with Crippen LogP contribution >= 0.6 is 11.8 Å². The van der Waals surface area contributed by atoms with E-state index in [0.717, 1.165) is 16.7 Å². The second kappa shape index (κ2) is 7.78. The summed E-state index contributed by atoms with van der Waals surface area (Å²) in [5, 5.41) is 8.83.